The van der Waals surface area contributed by atoms with Crippen molar-refractivity contribution in [2.24, 2.45) is 0 Å². The third kappa shape index (κ3) is 4.41. The van der Waals surface area contributed by atoms with Gasteiger partial charge in [-0.3, -0.25) is 4.68 Å². The minimum absolute atomic E-state index is 0.113. The SMILES string of the molecule is O=C(Nc1c2c(cc3c1CCC3)CCC2)NS(=O)(=O)c1ccn([C@H]2CCC[C@H](B(O)O)C2)n1. The number of urea groups is 1. The molecule has 3 aliphatic carbocycles. The van der Waals surface area contributed by atoms with Crippen molar-refractivity contribution in [1.82, 2.24) is 14.5 Å². The first-order valence-corrected chi connectivity index (χ1v) is 13.2. The van der Waals surface area contributed by atoms with Gasteiger partial charge in [0.25, 0.3) is 10.0 Å². The molecule has 1 aromatic carbocycles. The fraction of sp³-hybridized carbons (Fsp3) is 0.545. The van der Waals surface area contributed by atoms with E-state index in [0.717, 1.165) is 74.6 Å². The van der Waals surface area contributed by atoms with Crippen molar-refractivity contribution in [3.63, 3.8) is 0 Å². The summed E-state index contributed by atoms with van der Waals surface area (Å²) < 4.78 is 29.3. The first-order valence-electron chi connectivity index (χ1n) is 11.7. The van der Waals surface area contributed by atoms with Crippen molar-refractivity contribution in [3.05, 3.63) is 40.6 Å². The zero-order valence-electron chi connectivity index (χ0n) is 18.5. The maximum Gasteiger partial charge on any atom is 0.454 e. The lowest BCUT2D eigenvalue weighted by atomic mass is 9.64. The van der Waals surface area contributed by atoms with Crippen molar-refractivity contribution in [1.29, 1.82) is 0 Å². The number of hydrogen-bond acceptors (Lipinski definition) is 6. The van der Waals surface area contributed by atoms with Gasteiger partial charge in [0.15, 0.2) is 5.03 Å². The molecular formula is C22H29BN4O5S. The van der Waals surface area contributed by atoms with Gasteiger partial charge in [0.2, 0.25) is 0 Å². The first kappa shape index (κ1) is 22.4. The number of benzene rings is 1. The number of aromatic nitrogens is 2. The van der Waals surface area contributed by atoms with E-state index in [9.17, 15) is 23.3 Å². The van der Waals surface area contributed by atoms with Gasteiger partial charge in [-0.1, -0.05) is 18.9 Å². The minimum Gasteiger partial charge on any atom is -0.427 e. The van der Waals surface area contributed by atoms with E-state index in [1.165, 1.54) is 17.2 Å². The van der Waals surface area contributed by atoms with E-state index in [4.69, 9.17) is 0 Å². The Kier molecular flexibility index (Phi) is 5.96. The highest BCUT2D eigenvalue weighted by atomic mass is 32.2. The molecule has 176 valence electrons. The van der Waals surface area contributed by atoms with Gasteiger partial charge in [0.05, 0.1) is 6.04 Å². The molecule has 0 unspecified atom stereocenters. The molecule has 1 fully saturated rings. The highest BCUT2D eigenvalue weighted by Crippen LogP contribution is 2.39. The van der Waals surface area contributed by atoms with Crippen LogP contribution in [0, 0.1) is 0 Å². The molecule has 9 nitrogen and oxygen atoms in total. The zero-order chi connectivity index (χ0) is 23.2. The Labute approximate surface area is 193 Å². The van der Waals surface area contributed by atoms with Crippen LogP contribution in [-0.4, -0.2) is 41.4 Å². The summed E-state index contributed by atoms with van der Waals surface area (Å²) in [7, 11) is -5.54. The molecule has 11 heteroatoms. The van der Waals surface area contributed by atoms with E-state index in [1.807, 2.05) is 0 Å². The molecule has 3 aliphatic rings. The van der Waals surface area contributed by atoms with Crippen molar-refractivity contribution < 1.29 is 23.3 Å². The van der Waals surface area contributed by atoms with Gasteiger partial charge in [0, 0.05) is 11.9 Å². The number of fused-ring (bicyclic) bond motifs is 2. The Morgan fingerprint density at radius 1 is 1.06 bits per heavy atom. The molecule has 33 heavy (non-hydrogen) atoms. The van der Waals surface area contributed by atoms with Gasteiger partial charge in [0.1, 0.15) is 0 Å². The van der Waals surface area contributed by atoms with Gasteiger partial charge in [-0.15, -0.1) is 0 Å². The van der Waals surface area contributed by atoms with Crippen LogP contribution in [0.5, 0.6) is 0 Å². The minimum atomic E-state index is -4.15. The Balaban J connectivity index is 1.30. The maximum atomic E-state index is 12.8. The van der Waals surface area contributed by atoms with Crippen LogP contribution < -0.4 is 10.0 Å². The van der Waals surface area contributed by atoms with Gasteiger partial charge < -0.3 is 15.4 Å². The van der Waals surface area contributed by atoms with Crippen LogP contribution in [0.15, 0.2) is 23.4 Å². The lowest BCUT2D eigenvalue weighted by molar-refractivity contribution is 0.256. The van der Waals surface area contributed by atoms with Crippen molar-refractivity contribution >= 4 is 28.9 Å². The monoisotopic (exact) mass is 472 g/mol. The fourth-order valence-electron chi connectivity index (χ4n) is 5.66. The predicted octanol–water partition coefficient (Wildman–Crippen LogP) is 2.33. The first-order chi connectivity index (χ1) is 15.8. The molecule has 0 bridgehead atoms. The molecule has 1 saturated carbocycles. The van der Waals surface area contributed by atoms with Gasteiger partial charge in [-0.2, -0.15) is 13.5 Å². The Hall–Kier alpha value is -2.37. The molecule has 2 aromatic rings. The van der Waals surface area contributed by atoms with Crippen LogP contribution in [0.2, 0.25) is 5.82 Å². The number of amides is 2. The molecule has 5 rings (SSSR count). The smallest absolute Gasteiger partial charge is 0.427 e. The zero-order valence-corrected chi connectivity index (χ0v) is 19.3. The molecular weight excluding hydrogens is 443 g/mol. The molecule has 0 radical (unpaired) electrons. The topological polar surface area (TPSA) is 134 Å². The second-order valence-electron chi connectivity index (χ2n) is 9.42. The van der Waals surface area contributed by atoms with Gasteiger partial charge >= 0.3 is 13.1 Å². The number of rotatable bonds is 5. The molecule has 2 amide bonds. The predicted molar refractivity (Wildman–Crippen MR) is 124 cm³/mol. The number of aryl methyl sites for hydroxylation is 2. The average molecular weight is 472 g/mol. The number of carbonyl (C=O) groups excluding carboxylic acids is 1. The molecule has 0 aliphatic heterocycles. The Morgan fingerprint density at radius 2 is 1.76 bits per heavy atom. The van der Waals surface area contributed by atoms with Crippen LogP contribution in [0.4, 0.5) is 10.5 Å². The van der Waals surface area contributed by atoms with Crippen LogP contribution in [0.1, 0.15) is 66.8 Å². The van der Waals surface area contributed by atoms with E-state index < -0.39 is 23.2 Å². The third-order valence-corrected chi connectivity index (χ3v) is 8.50. The summed E-state index contributed by atoms with van der Waals surface area (Å²) in [5.41, 5.74) is 5.56. The summed E-state index contributed by atoms with van der Waals surface area (Å²) in [6.45, 7) is 0. The number of carbonyl (C=O) groups is 1. The normalized spacial score (nSPS) is 22.0. The highest BCUT2D eigenvalue weighted by molar-refractivity contribution is 7.90. The number of sulfonamides is 1. The van der Waals surface area contributed by atoms with Crippen LogP contribution >= 0.6 is 0 Å². The number of hydrogen-bond donors (Lipinski definition) is 4. The average Bonchev–Trinajstić information content (AvgIpc) is 3.53. The molecule has 0 spiro atoms. The highest BCUT2D eigenvalue weighted by Gasteiger charge is 2.32. The summed E-state index contributed by atoms with van der Waals surface area (Å²) in [5.74, 6) is -0.258. The van der Waals surface area contributed by atoms with Gasteiger partial charge in [-0.05, 0) is 85.5 Å². The van der Waals surface area contributed by atoms with Crippen LogP contribution in [0.3, 0.4) is 0 Å². The summed E-state index contributed by atoms with van der Waals surface area (Å²) in [6, 6.07) is 2.73. The Bertz CT molecular complexity index is 1150. The number of nitrogens with one attached hydrogen (secondary N) is 2. The van der Waals surface area contributed by atoms with Crippen molar-refractivity contribution in [2.45, 2.75) is 81.1 Å². The Morgan fingerprint density at radius 3 is 2.42 bits per heavy atom. The fourth-order valence-corrected chi connectivity index (χ4v) is 6.50. The molecule has 1 aromatic heterocycles. The largest absolute Gasteiger partial charge is 0.454 e. The van der Waals surface area contributed by atoms with Crippen LogP contribution in [-0.2, 0) is 35.7 Å². The molecule has 2 atom stereocenters. The summed E-state index contributed by atoms with van der Waals surface area (Å²) in [6.07, 6.45) is 10.2. The van der Waals surface area contributed by atoms with Gasteiger partial charge in [-0.25, -0.2) is 9.52 Å². The summed E-state index contributed by atoms with van der Waals surface area (Å²) in [4.78, 5) is 12.7. The second-order valence-corrected chi connectivity index (χ2v) is 11.1. The summed E-state index contributed by atoms with van der Waals surface area (Å²) >= 11 is 0. The third-order valence-electron chi connectivity index (χ3n) is 7.28. The summed E-state index contributed by atoms with van der Waals surface area (Å²) in [5, 5.41) is 25.8. The lowest BCUT2D eigenvalue weighted by Crippen LogP contribution is -2.35. The van der Waals surface area contributed by atoms with E-state index >= 15 is 0 Å². The quantitative estimate of drug-likeness (QED) is 0.494. The second kappa shape index (κ2) is 8.77. The van der Waals surface area contributed by atoms with E-state index in [-0.39, 0.29) is 16.9 Å². The molecule has 1 heterocycles. The van der Waals surface area contributed by atoms with E-state index in [0.29, 0.717) is 6.42 Å². The number of anilines is 1. The molecule has 0 saturated heterocycles. The maximum absolute atomic E-state index is 12.8. The van der Waals surface area contributed by atoms with Crippen molar-refractivity contribution in [2.75, 3.05) is 5.32 Å². The van der Waals surface area contributed by atoms with Crippen molar-refractivity contribution in [3.8, 4) is 0 Å². The lowest BCUT2D eigenvalue weighted by Gasteiger charge is -2.28. The molecule has 4 N–H and O–H groups in total. The van der Waals surface area contributed by atoms with E-state index in [2.05, 4.69) is 21.2 Å². The standard InChI is InChI=1S/C22H29BN4O5S/c28-22(24-21-18-8-1-4-14(18)12-15-5-2-9-19(15)21)26-33(31,32)20-10-11-27(25-20)17-7-3-6-16(13-17)23(29)30/h10-12,16-17,29-30H,1-9,13H2,(H2,24,26,28)/t16-,17-/m0/s1. The van der Waals surface area contributed by atoms with E-state index in [1.54, 1.807) is 10.9 Å². The number of nitrogens with zero attached hydrogens (tertiary/aromatic N) is 2. The van der Waals surface area contributed by atoms with Crippen LogP contribution in [0.25, 0.3) is 0 Å².